The molecule has 2 N–H and O–H groups in total. The Balaban J connectivity index is 2.31. The molecule has 2 rings (SSSR count). The van der Waals surface area contributed by atoms with Crippen molar-refractivity contribution < 1.29 is 4.74 Å². The number of benzene rings is 2. The van der Waals surface area contributed by atoms with Crippen LogP contribution in [-0.2, 0) is 6.42 Å². The lowest BCUT2D eigenvalue weighted by Gasteiger charge is -2.11. The summed E-state index contributed by atoms with van der Waals surface area (Å²) in [6.45, 7) is 4.13. The number of hydrogen-bond acceptors (Lipinski definition) is 2. The van der Waals surface area contributed by atoms with Crippen molar-refractivity contribution in [3.05, 3.63) is 53.6 Å². The van der Waals surface area contributed by atoms with Gasteiger partial charge in [0.25, 0.3) is 0 Å². The molecule has 0 aliphatic heterocycles. The Kier molecular flexibility index (Phi) is 3.33. The van der Waals surface area contributed by atoms with Crippen LogP contribution in [0.5, 0.6) is 11.5 Å². The van der Waals surface area contributed by atoms with E-state index in [0.29, 0.717) is 0 Å². The van der Waals surface area contributed by atoms with Gasteiger partial charge >= 0.3 is 0 Å². The Morgan fingerprint density at radius 3 is 2.59 bits per heavy atom. The van der Waals surface area contributed by atoms with Gasteiger partial charge in [-0.1, -0.05) is 25.1 Å². The Bertz CT molecular complexity index is 500. The Morgan fingerprint density at radius 2 is 1.88 bits per heavy atom. The summed E-state index contributed by atoms with van der Waals surface area (Å²) >= 11 is 0. The van der Waals surface area contributed by atoms with Crippen molar-refractivity contribution in [1.29, 1.82) is 0 Å². The van der Waals surface area contributed by atoms with E-state index in [1.54, 1.807) is 0 Å². The topological polar surface area (TPSA) is 35.2 Å². The van der Waals surface area contributed by atoms with Crippen molar-refractivity contribution in [3.63, 3.8) is 0 Å². The first-order valence-corrected chi connectivity index (χ1v) is 5.82. The number of anilines is 1. The zero-order valence-electron chi connectivity index (χ0n) is 10.2. The molecule has 17 heavy (non-hydrogen) atoms. The van der Waals surface area contributed by atoms with E-state index in [0.717, 1.165) is 29.2 Å². The SMILES string of the molecule is CCc1ccccc1Oc1cc(C)cc(N)c1. The number of aryl methyl sites for hydroxylation is 2. The third-order valence-corrected chi connectivity index (χ3v) is 2.65. The van der Waals surface area contributed by atoms with E-state index in [1.165, 1.54) is 5.56 Å². The predicted molar refractivity (Wildman–Crippen MR) is 71.5 cm³/mol. The largest absolute Gasteiger partial charge is 0.457 e. The average molecular weight is 227 g/mol. The third kappa shape index (κ3) is 2.78. The van der Waals surface area contributed by atoms with Gasteiger partial charge in [-0.05, 0) is 42.7 Å². The highest BCUT2D eigenvalue weighted by molar-refractivity contribution is 5.49. The molecule has 0 bridgehead atoms. The minimum Gasteiger partial charge on any atom is -0.457 e. The van der Waals surface area contributed by atoms with Gasteiger partial charge < -0.3 is 10.5 Å². The van der Waals surface area contributed by atoms with Gasteiger partial charge in [0.05, 0.1) is 0 Å². The molecule has 0 aliphatic carbocycles. The van der Waals surface area contributed by atoms with Crippen molar-refractivity contribution in [3.8, 4) is 11.5 Å². The van der Waals surface area contributed by atoms with Gasteiger partial charge in [-0.3, -0.25) is 0 Å². The Morgan fingerprint density at radius 1 is 1.12 bits per heavy atom. The maximum atomic E-state index is 5.88. The van der Waals surface area contributed by atoms with E-state index in [2.05, 4.69) is 13.0 Å². The normalized spacial score (nSPS) is 10.2. The molecule has 0 unspecified atom stereocenters. The van der Waals surface area contributed by atoms with E-state index in [9.17, 15) is 0 Å². The van der Waals surface area contributed by atoms with Gasteiger partial charge in [0.15, 0.2) is 0 Å². The fourth-order valence-electron chi connectivity index (χ4n) is 1.86. The second-order valence-corrected chi connectivity index (χ2v) is 4.14. The van der Waals surface area contributed by atoms with Crippen molar-refractivity contribution >= 4 is 5.69 Å². The number of para-hydroxylation sites is 1. The Labute approximate surface area is 102 Å². The minimum absolute atomic E-state index is 0.731. The van der Waals surface area contributed by atoms with Crippen molar-refractivity contribution in [2.24, 2.45) is 0 Å². The third-order valence-electron chi connectivity index (χ3n) is 2.65. The highest BCUT2D eigenvalue weighted by Crippen LogP contribution is 2.27. The first-order valence-electron chi connectivity index (χ1n) is 5.82. The summed E-state index contributed by atoms with van der Waals surface area (Å²) < 4.78 is 5.88. The lowest BCUT2D eigenvalue weighted by atomic mass is 10.1. The highest BCUT2D eigenvalue weighted by atomic mass is 16.5. The summed E-state index contributed by atoms with van der Waals surface area (Å²) in [5.41, 5.74) is 8.84. The van der Waals surface area contributed by atoms with E-state index in [-0.39, 0.29) is 0 Å². The second kappa shape index (κ2) is 4.91. The lowest BCUT2D eigenvalue weighted by molar-refractivity contribution is 0.477. The molecule has 2 nitrogen and oxygen atoms in total. The molecule has 0 amide bonds. The van der Waals surface area contributed by atoms with Gasteiger partial charge in [-0.2, -0.15) is 0 Å². The summed E-state index contributed by atoms with van der Waals surface area (Å²) in [4.78, 5) is 0. The smallest absolute Gasteiger partial charge is 0.130 e. The fourth-order valence-corrected chi connectivity index (χ4v) is 1.86. The van der Waals surface area contributed by atoms with Crippen LogP contribution in [0.15, 0.2) is 42.5 Å². The molecule has 0 atom stereocenters. The molecular weight excluding hydrogens is 210 g/mol. The lowest BCUT2D eigenvalue weighted by Crippen LogP contribution is -1.92. The molecule has 0 saturated heterocycles. The van der Waals surface area contributed by atoms with Crippen molar-refractivity contribution in [2.45, 2.75) is 20.3 Å². The first-order chi connectivity index (χ1) is 8.19. The monoisotopic (exact) mass is 227 g/mol. The van der Waals surface area contributed by atoms with E-state index in [1.807, 2.05) is 43.3 Å². The Hall–Kier alpha value is -1.96. The highest BCUT2D eigenvalue weighted by Gasteiger charge is 2.03. The molecule has 0 aliphatic rings. The zero-order chi connectivity index (χ0) is 12.3. The predicted octanol–water partition coefficient (Wildman–Crippen LogP) is 3.93. The summed E-state index contributed by atoms with van der Waals surface area (Å²) in [6, 6.07) is 13.8. The van der Waals surface area contributed by atoms with Gasteiger partial charge in [-0.15, -0.1) is 0 Å². The van der Waals surface area contributed by atoms with Crippen LogP contribution in [0.3, 0.4) is 0 Å². The number of nitrogen functional groups attached to an aromatic ring is 1. The average Bonchev–Trinajstić information content (AvgIpc) is 2.28. The van der Waals surface area contributed by atoms with Crippen LogP contribution in [0.1, 0.15) is 18.1 Å². The molecule has 0 saturated carbocycles. The summed E-state index contributed by atoms with van der Waals surface area (Å²) in [7, 11) is 0. The van der Waals surface area contributed by atoms with E-state index in [4.69, 9.17) is 10.5 Å². The van der Waals surface area contributed by atoms with Crippen LogP contribution >= 0.6 is 0 Å². The number of rotatable bonds is 3. The zero-order valence-corrected chi connectivity index (χ0v) is 10.2. The molecule has 0 radical (unpaired) electrons. The first kappa shape index (κ1) is 11.5. The molecule has 0 heterocycles. The summed E-state index contributed by atoms with van der Waals surface area (Å²) in [5.74, 6) is 1.70. The summed E-state index contributed by atoms with van der Waals surface area (Å²) in [5, 5.41) is 0. The molecule has 2 heteroatoms. The number of ether oxygens (including phenoxy) is 1. The van der Waals surface area contributed by atoms with Gasteiger partial charge in [0.2, 0.25) is 0 Å². The minimum atomic E-state index is 0.731. The van der Waals surface area contributed by atoms with E-state index >= 15 is 0 Å². The van der Waals surface area contributed by atoms with Crippen molar-refractivity contribution in [1.82, 2.24) is 0 Å². The van der Waals surface area contributed by atoms with E-state index < -0.39 is 0 Å². The maximum absolute atomic E-state index is 5.88. The van der Waals surface area contributed by atoms with Crippen LogP contribution in [0.25, 0.3) is 0 Å². The molecule has 88 valence electrons. The molecular formula is C15H17NO. The van der Waals surface area contributed by atoms with Crippen LogP contribution in [0.2, 0.25) is 0 Å². The number of hydrogen-bond donors (Lipinski definition) is 1. The van der Waals surface area contributed by atoms with Gasteiger partial charge in [-0.25, -0.2) is 0 Å². The van der Waals surface area contributed by atoms with Gasteiger partial charge in [0, 0.05) is 11.8 Å². The fraction of sp³-hybridized carbons (Fsp3) is 0.200. The van der Waals surface area contributed by atoms with Crippen molar-refractivity contribution in [2.75, 3.05) is 5.73 Å². The van der Waals surface area contributed by atoms with Crippen LogP contribution in [0.4, 0.5) is 5.69 Å². The second-order valence-electron chi connectivity index (χ2n) is 4.14. The molecule has 2 aromatic carbocycles. The van der Waals surface area contributed by atoms with Crippen LogP contribution < -0.4 is 10.5 Å². The maximum Gasteiger partial charge on any atom is 0.130 e. The van der Waals surface area contributed by atoms with Crippen LogP contribution in [0, 0.1) is 6.92 Å². The molecule has 0 fully saturated rings. The number of nitrogens with two attached hydrogens (primary N) is 1. The van der Waals surface area contributed by atoms with Gasteiger partial charge in [0.1, 0.15) is 11.5 Å². The summed E-state index contributed by atoms with van der Waals surface area (Å²) in [6.07, 6.45) is 0.956. The van der Waals surface area contributed by atoms with Crippen LogP contribution in [-0.4, -0.2) is 0 Å². The molecule has 0 aromatic heterocycles. The molecule has 2 aromatic rings. The standard InChI is InChI=1S/C15H17NO/c1-3-12-6-4-5-7-15(12)17-14-9-11(2)8-13(16)10-14/h4-10H,3,16H2,1-2H3. The molecule has 0 spiro atoms. The quantitative estimate of drug-likeness (QED) is 0.806.